The molecule has 0 bridgehead atoms. The number of rotatable bonds is 8. The van der Waals surface area contributed by atoms with Gasteiger partial charge in [-0.05, 0) is 42.6 Å². The van der Waals surface area contributed by atoms with Crippen LogP contribution in [0.25, 0.3) is 0 Å². The third kappa shape index (κ3) is 5.32. The molecule has 144 valence electrons. The van der Waals surface area contributed by atoms with Crippen molar-refractivity contribution in [2.45, 2.75) is 31.7 Å². The molecule has 1 saturated carbocycles. The second kappa shape index (κ2) is 8.44. The van der Waals surface area contributed by atoms with Crippen molar-refractivity contribution in [1.82, 2.24) is 5.32 Å². The number of para-hydroxylation sites is 1. The van der Waals surface area contributed by atoms with Crippen molar-refractivity contribution in [2.75, 3.05) is 6.26 Å². The summed E-state index contributed by atoms with van der Waals surface area (Å²) in [4.78, 5) is 12.8. The van der Waals surface area contributed by atoms with E-state index in [1.54, 1.807) is 36.0 Å². The minimum Gasteiger partial charge on any atom is -0.456 e. The number of thioether (sulfide) groups is 1. The Morgan fingerprint density at radius 2 is 2.07 bits per heavy atom. The van der Waals surface area contributed by atoms with Gasteiger partial charge in [-0.3, -0.25) is 4.79 Å². The highest BCUT2D eigenvalue weighted by Crippen LogP contribution is 2.41. The minimum atomic E-state index is -3.04. The van der Waals surface area contributed by atoms with E-state index in [2.05, 4.69) is 5.32 Å². The maximum absolute atomic E-state index is 13.8. The van der Waals surface area contributed by atoms with Crippen molar-refractivity contribution in [3.8, 4) is 11.5 Å². The van der Waals surface area contributed by atoms with Crippen molar-refractivity contribution in [1.29, 1.82) is 0 Å². The highest BCUT2D eigenvalue weighted by molar-refractivity contribution is 8.01. The Morgan fingerprint density at radius 1 is 1.37 bits per heavy atom. The molecule has 1 aromatic heterocycles. The molecule has 2 aromatic rings. The number of ether oxygens (including phenoxy) is 1. The second-order valence-corrected chi connectivity index (χ2v) is 8.30. The lowest BCUT2D eigenvalue weighted by molar-refractivity contribution is 0.0214. The molecule has 1 unspecified atom stereocenters. The number of carbonyl (C=O) groups is 1. The first-order valence-electron chi connectivity index (χ1n) is 8.64. The summed E-state index contributed by atoms with van der Waals surface area (Å²) in [6, 6.07) is 10.0. The molecule has 0 spiro atoms. The molecule has 7 heteroatoms. The molecule has 1 atom stereocenters. The van der Waals surface area contributed by atoms with Crippen molar-refractivity contribution < 1.29 is 18.3 Å². The lowest BCUT2D eigenvalue weighted by Crippen LogP contribution is -2.34. The number of benzene rings is 1. The normalized spacial score (nSPS) is 15.7. The number of alkyl halides is 2. The van der Waals surface area contributed by atoms with Crippen LogP contribution in [0, 0.1) is 5.92 Å². The smallest absolute Gasteiger partial charge is 0.279 e. The number of amides is 1. The maximum Gasteiger partial charge on any atom is 0.279 e. The molecule has 1 aliphatic rings. The van der Waals surface area contributed by atoms with Gasteiger partial charge in [0, 0.05) is 13.0 Å². The number of halogens is 2. The topological polar surface area (TPSA) is 38.3 Å². The van der Waals surface area contributed by atoms with Gasteiger partial charge in [-0.1, -0.05) is 24.3 Å². The van der Waals surface area contributed by atoms with E-state index >= 15 is 0 Å². The molecule has 1 heterocycles. The van der Waals surface area contributed by atoms with Crippen molar-refractivity contribution in [3.05, 3.63) is 57.6 Å². The molecule has 3 rings (SSSR count). The van der Waals surface area contributed by atoms with E-state index in [-0.39, 0.29) is 27.5 Å². The molecular formula is C20H21F2NO2S2. The Bertz CT molecular complexity index is 811. The summed E-state index contributed by atoms with van der Waals surface area (Å²) in [6.07, 6.45) is 6.02. The van der Waals surface area contributed by atoms with Crippen molar-refractivity contribution in [3.63, 3.8) is 0 Å². The fourth-order valence-electron chi connectivity index (χ4n) is 2.60. The molecule has 0 radical (unpaired) electrons. The van der Waals surface area contributed by atoms with E-state index in [0.29, 0.717) is 11.7 Å². The van der Waals surface area contributed by atoms with Gasteiger partial charge in [-0.25, -0.2) is 8.78 Å². The van der Waals surface area contributed by atoms with Crippen LogP contribution >= 0.6 is 23.1 Å². The van der Waals surface area contributed by atoms with Gasteiger partial charge >= 0.3 is 0 Å². The zero-order chi connectivity index (χ0) is 19.4. The fourth-order valence-corrected chi connectivity index (χ4v) is 3.84. The summed E-state index contributed by atoms with van der Waals surface area (Å²) < 4.78 is 33.4. The Morgan fingerprint density at radius 3 is 2.67 bits per heavy atom. The van der Waals surface area contributed by atoms with Gasteiger partial charge < -0.3 is 10.1 Å². The Kier molecular flexibility index (Phi) is 6.22. The standard InChI is InChI=1S/C20H21F2NO2S2/c1-20(21,22)17-12-16(25-14-6-4-3-5-7-14)18(27-17)19(24)23-15(10-11-26-2)13-8-9-13/h3-7,10-13,15H,8-9H2,1-2H3,(H,23,24)/b11-10+. The molecule has 1 aliphatic carbocycles. The number of hydrogen-bond donors (Lipinski definition) is 1. The Labute approximate surface area is 165 Å². The molecular weight excluding hydrogens is 388 g/mol. The molecule has 1 fully saturated rings. The molecule has 3 nitrogen and oxygen atoms in total. The van der Waals surface area contributed by atoms with Crippen LogP contribution in [0.1, 0.15) is 34.3 Å². The van der Waals surface area contributed by atoms with Crippen LogP contribution in [0.4, 0.5) is 8.78 Å². The van der Waals surface area contributed by atoms with E-state index < -0.39 is 5.92 Å². The SMILES string of the molecule is CS/C=C/C(NC(=O)c1sc(C(C)(F)F)cc1Oc1ccccc1)C1CC1. The molecule has 1 aromatic carbocycles. The molecule has 1 N–H and O–H groups in total. The largest absolute Gasteiger partial charge is 0.456 e. The van der Waals surface area contributed by atoms with Gasteiger partial charge in [0.1, 0.15) is 10.6 Å². The number of hydrogen-bond acceptors (Lipinski definition) is 4. The van der Waals surface area contributed by atoms with Crippen molar-refractivity contribution >= 4 is 29.0 Å². The molecule has 0 saturated heterocycles. The first-order chi connectivity index (χ1) is 12.9. The summed E-state index contributed by atoms with van der Waals surface area (Å²) in [5, 5.41) is 4.90. The molecule has 27 heavy (non-hydrogen) atoms. The van der Waals surface area contributed by atoms with Gasteiger partial charge in [-0.15, -0.1) is 23.1 Å². The highest BCUT2D eigenvalue weighted by Gasteiger charge is 2.34. The third-order valence-electron chi connectivity index (χ3n) is 4.16. The highest BCUT2D eigenvalue weighted by atomic mass is 32.2. The van der Waals surface area contributed by atoms with E-state index in [9.17, 15) is 13.6 Å². The monoisotopic (exact) mass is 409 g/mol. The van der Waals surface area contributed by atoms with E-state index in [1.807, 2.05) is 23.8 Å². The van der Waals surface area contributed by atoms with Crippen LogP contribution in [0.5, 0.6) is 11.5 Å². The number of nitrogens with one attached hydrogen (secondary N) is 1. The average molecular weight is 410 g/mol. The Hall–Kier alpha value is -1.86. The summed E-state index contributed by atoms with van der Waals surface area (Å²) in [5.74, 6) is -2.36. The summed E-state index contributed by atoms with van der Waals surface area (Å²) in [5.41, 5.74) is 0. The quantitative estimate of drug-likeness (QED) is 0.578. The molecule has 0 aliphatic heterocycles. The summed E-state index contributed by atoms with van der Waals surface area (Å²) in [6.45, 7) is 0.820. The van der Waals surface area contributed by atoms with Crippen LogP contribution in [-0.2, 0) is 5.92 Å². The van der Waals surface area contributed by atoms with E-state index in [4.69, 9.17) is 4.74 Å². The van der Waals surface area contributed by atoms with Crippen LogP contribution < -0.4 is 10.1 Å². The third-order valence-corrected chi connectivity index (χ3v) is 5.87. The van der Waals surface area contributed by atoms with Gasteiger partial charge in [0.2, 0.25) is 0 Å². The minimum absolute atomic E-state index is 0.0952. The summed E-state index contributed by atoms with van der Waals surface area (Å²) in [7, 11) is 0. The lowest BCUT2D eigenvalue weighted by Gasteiger charge is -2.14. The fraction of sp³-hybridized carbons (Fsp3) is 0.350. The summed E-state index contributed by atoms with van der Waals surface area (Å²) >= 11 is 2.33. The van der Waals surface area contributed by atoms with Gasteiger partial charge in [0.05, 0.1) is 10.9 Å². The average Bonchev–Trinajstić information content (AvgIpc) is 3.38. The van der Waals surface area contributed by atoms with Crippen LogP contribution in [0.15, 0.2) is 47.9 Å². The first kappa shape index (κ1) is 19.9. The second-order valence-electron chi connectivity index (χ2n) is 6.51. The van der Waals surface area contributed by atoms with E-state index in [0.717, 1.165) is 31.1 Å². The predicted molar refractivity (Wildman–Crippen MR) is 107 cm³/mol. The van der Waals surface area contributed by atoms with Crippen LogP contribution in [0.2, 0.25) is 0 Å². The van der Waals surface area contributed by atoms with E-state index in [1.165, 1.54) is 6.07 Å². The number of thiophene rings is 1. The van der Waals surface area contributed by atoms with Crippen LogP contribution in [0.3, 0.4) is 0 Å². The van der Waals surface area contributed by atoms with Gasteiger partial charge in [0.15, 0.2) is 5.75 Å². The lowest BCUT2D eigenvalue weighted by atomic mass is 10.2. The van der Waals surface area contributed by atoms with Crippen LogP contribution in [-0.4, -0.2) is 18.2 Å². The Balaban J connectivity index is 1.86. The first-order valence-corrected chi connectivity index (χ1v) is 10.7. The maximum atomic E-state index is 13.8. The van der Waals surface area contributed by atoms with Crippen molar-refractivity contribution in [2.24, 2.45) is 5.92 Å². The molecule has 1 amide bonds. The van der Waals surface area contributed by atoms with Gasteiger partial charge in [0.25, 0.3) is 11.8 Å². The zero-order valence-corrected chi connectivity index (χ0v) is 16.7. The predicted octanol–water partition coefficient (Wildman–Crippen LogP) is 6.04. The zero-order valence-electron chi connectivity index (χ0n) is 15.1. The number of carbonyl (C=O) groups excluding carboxylic acids is 1. The van der Waals surface area contributed by atoms with Gasteiger partial charge in [-0.2, -0.15) is 0 Å².